The molecule has 0 unspecified atom stereocenters. The van der Waals surface area contributed by atoms with Crippen molar-refractivity contribution in [2.24, 2.45) is 0 Å². The van der Waals surface area contributed by atoms with Crippen LogP contribution in [0.3, 0.4) is 0 Å². The van der Waals surface area contributed by atoms with Gasteiger partial charge in [0.15, 0.2) is 15.7 Å². The molecule has 28 heavy (non-hydrogen) atoms. The smallest absolute Gasteiger partial charge is 0.237 e. The third-order valence-corrected chi connectivity index (χ3v) is 5.34. The molecule has 0 spiro atoms. The Morgan fingerprint density at radius 2 is 1.89 bits per heavy atom. The molecule has 0 saturated carbocycles. The lowest BCUT2D eigenvalue weighted by atomic mass is 10.2. The summed E-state index contributed by atoms with van der Waals surface area (Å²) in [6, 6.07) is 14.3. The summed E-state index contributed by atoms with van der Waals surface area (Å²) in [5, 5.41) is 8.26. The van der Waals surface area contributed by atoms with Crippen LogP contribution < -0.4 is 10.6 Å². The Kier molecular flexibility index (Phi) is 4.23. The van der Waals surface area contributed by atoms with Gasteiger partial charge in [0.2, 0.25) is 5.95 Å². The molecule has 142 valence electrons. The van der Waals surface area contributed by atoms with Gasteiger partial charge in [-0.2, -0.15) is 10.1 Å². The van der Waals surface area contributed by atoms with E-state index in [1.54, 1.807) is 29.3 Å². The number of fused-ring (bicyclic) bond motifs is 1. The van der Waals surface area contributed by atoms with Gasteiger partial charge in [0.05, 0.1) is 16.1 Å². The topological polar surface area (TPSA) is 118 Å². The molecule has 8 nitrogen and oxygen atoms in total. The summed E-state index contributed by atoms with van der Waals surface area (Å²) < 4.78 is 24.3. The van der Waals surface area contributed by atoms with Crippen LogP contribution in [0, 0.1) is 6.92 Å². The average molecular weight is 394 g/mol. The number of rotatable bonds is 4. The van der Waals surface area contributed by atoms with E-state index in [-0.39, 0.29) is 4.90 Å². The van der Waals surface area contributed by atoms with E-state index in [0.29, 0.717) is 23.3 Å². The summed E-state index contributed by atoms with van der Waals surface area (Å²) in [5.41, 5.74) is 8.06. The number of aromatic amines is 1. The Bertz CT molecular complexity index is 1280. The number of hydrogen-bond donors (Lipinski definition) is 2. The second-order valence-corrected chi connectivity index (χ2v) is 8.50. The number of sulfone groups is 1. The minimum atomic E-state index is -3.40. The van der Waals surface area contributed by atoms with Crippen molar-refractivity contribution in [1.29, 1.82) is 0 Å². The first-order valence-electron chi connectivity index (χ1n) is 8.46. The summed E-state index contributed by atoms with van der Waals surface area (Å²) in [4.78, 5) is 10.6. The van der Waals surface area contributed by atoms with Crippen molar-refractivity contribution in [2.75, 3.05) is 16.9 Å². The quantitative estimate of drug-likeness (QED) is 0.546. The van der Waals surface area contributed by atoms with E-state index in [9.17, 15) is 8.42 Å². The number of aromatic nitrogens is 4. The number of nitrogens with one attached hydrogen (secondary N) is 1. The largest absolute Gasteiger partial charge is 0.384 e. The summed E-state index contributed by atoms with van der Waals surface area (Å²) in [6.45, 7) is 1.83. The molecule has 2 aromatic heterocycles. The highest BCUT2D eigenvalue weighted by Crippen LogP contribution is 2.36. The van der Waals surface area contributed by atoms with Gasteiger partial charge in [0.1, 0.15) is 5.82 Å². The van der Waals surface area contributed by atoms with Gasteiger partial charge in [-0.3, -0.25) is 10.00 Å². The number of hydrogen-bond acceptors (Lipinski definition) is 7. The first kappa shape index (κ1) is 17.9. The van der Waals surface area contributed by atoms with Gasteiger partial charge < -0.3 is 5.73 Å². The first-order chi connectivity index (χ1) is 13.3. The average Bonchev–Trinajstić information content (AvgIpc) is 3.05. The second kappa shape index (κ2) is 6.61. The molecule has 0 saturated heterocycles. The molecular formula is C19H18N6O2S. The number of aryl methyl sites for hydroxylation is 1. The van der Waals surface area contributed by atoms with Crippen LogP contribution in [0.4, 0.5) is 23.3 Å². The van der Waals surface area contributed by atoms with Gasteiger partial charge in [-0.25, -0.2) is 13.4 Å². The fraction of sp³-hybridized carbons (Fsp3) is 0.105. The van der Waals surface area contributed by atoms with Crippen molar-refractivity contribution in [2.45, 2.75) is 11.8 Å². The monoisotopic (exact) mass is 394 g/mol. The SMILES string of the molecule is Cc1cc(N(c2nccc(N)n2)c2n[nH]c3ccccc23)cc(S(C)(=O)=O)c1. The molecule has 4 aromatic rings. The fourth-order valence-electron chi connectivity index (χ4n) is 2.99. The maximum atomic E-state index is 12.2. The Hall–Kier alpha value is -3.46. The Labute approximate surface area is 162 Å². The van der Waals surface area contributed by atoms with Crippen LogP contribution in [-0.2, 0) is 9.84 Å². The predicted molar refractivity (Wildman–Crippen MR) is 109 cm³/mol. The minimum Gasteiger partial charge on any atom is -0.384 e. The van der Waals surface area contributed by atoms with Gasteiger partial charge >= 0.3 is 0 Å². The molecule has 9 heteroatoms. The van der Waals surface area contributed by atoms with Gasteiger partial charge in [-0.1, -0.05) is 12.1 Å². The van der Waals surface area contributed by atoms with Gasteiger partial charge in [0.25, 0.3) is 0 Å². The Morgan fingerprint density at radius 3 is 2.64 bits per heavy atom. The molecule has 0 aliphatic rings. The van der Waals surface area contributed by atoms with Crippen LogP contribution in [0.5, 0.6) is 0 Å². The number of benzene rings is 2. The predicted octanol–water partition coefficient (Wildman–Crippen LogP) is 3.12. The van der Waals surface area contributed by atoms with Gasteiger partial charge in [-0.15, -0.1) is 0 Å². The maximum Gasteiger partial charge on any atom is 0.237 e. The Balaban J connectivity index is 2.01. The highest BCUT2D eigenvalue weighted by atomic mass is 32.2. The number of nitrogens with two attached hydrogens (primary N) is 1. The molecule has 2 heterocycles. The number of para-hydroxylation sites is 1. The molecule has 0 aliphatic carbocycles. The zero-order valence-electron chi connectivity index (χ0n) is 15.3. The maximum absolute atomic E-state index is 12.2. The lowest BCUT2D eigenvalue weighted by molar-refractivity contribution is 0.602. The third kappa shape index (κ3) is 3.27. The van der Waals surface area contributed by atoms with Crippen LogP contribution in [0.15, 0.2) is 59.6 Å². The van der Waals surface area contributed by atoms with Crippen LogP contribution in [-0.4, -0.2) is 34.8 Å². The molecule has 0 aliphatic heterocycles. The summed E-state index contributed by atoms with van der Waals surface area (Å²) in [5.74, 6) is 1.14. The highest BCUT2D eigenvalue weighted by molar-refractivity contribution is 7.90. The summed E-state index contributed by atoms with van der Waals surface area (Å²) in [7, 11) is -3.40. The standard InChI is InChI=1S/C19H18N6O2S/c1-12-9-13(11-14(10-12)28(2,26)27)25(19-21-8-7-17(20)22-19)18-15-5-3-4-6-16(15)23-24-18/h3-11H,1-2H3,(H,23,24)(H2,20,21,22). The highest BCUT2D eigenvalue weighted by Gasteiger charge is 2.22. The van der Waals surface area contributed by atoms with Gasteiger partial charge in [-0.05, 0) is 48.9 Å². The molecular weight excluding hydrogens is 376 g/mol. The molecule has 0 atom stereocenters. The van der Waals surface area contributed by atoms with E-state index in [1.807, 2.05) is 37.3 Å². The van der Waals surface area contributed by atoms with E-state index in [1.165, 1.54) is 6.26 Å². The normalized spacial score (nSPS) is 11.6. The zero-order valence-corrected chi connectivity index (χ0v) is 16.1. The van der Waals surface area contributed by atoms with E-state index < -0.39 is 9.84 Å². The molecule has 0 radical (unpaired) electrons. The van der Waals surface area contributed by atoms with Crippen molar-refractivity contribution in [1.82, 2.24) is 20.2 Å². The van der Waals surface area contributed by atoms with Crippen LogP contribution in [0.2, 0.25) is 0 Å². The van der Waals surface area contributed by atoms with Crippen LogP contribution in [0.1, 0.15) is 5.56 Å². The lowest BCUT2D eigenvalue weighted by Gasteiger charge is -2.22. The number of nitrogens with zero attached hydrogens (tertiary/aromatic N) is 4. The summed E-state index contributed by atoms with van der Waals surface area (Å²) >= 11 is 0. The number of nitrogen functional groups attached to an aromatic ring is 1. The molecule has 3 N–H and O–H groups in total. The minimum absolute atomic E-state index is 0.205. The molecule has 4 rings (SSSR count). The van der Waals surface area contributed by atoms with Crippen molar-refractivity contribution in [3.8, 4) is 0 Å². The van der Waals surface area contributed by atoms with Crippen molar-refractivity contribution >= 4 is 44.0 Å². The van der Waals surface area contributed by atoms with Crippen LogP contribution >= 0.6 is 0 Å². The molecule has 0 amide bonds. The lowest BCUT2D eigenvalue weighted by Crippen LogP contribution is -2.15. The number of anilines is 4. The van der Waals surface area contributed by atoms with Crippen molar-refractivity contribution < 1.29 is 8.42 Å². The van der Waals surface area contributed by atoms with E-state index >= 15 is 0 Å². The second-order valence-electron chi connectivity index (χ2n) is 6.49. The molecule has 0 bridgehead atoms. The van der Waals surface area contributed by atoms with Gasteiger partial charge in [0, 0.05) is 17.8 Å². The third-order valence-electron chi connectivity index (χ3n) is 4.25. The first-order valence-corrected chi connectivity index (χ1v) is 10.4. The molecule has 0 fully saturated rings. The molecule has 2 aromatic carbocycles. The number of H-pyrrole nitrogens is 1. The van der Waals surface area contributed by atoms with Crippen molar-refractivity contribution in [3.05, 3.63) is 60.3 Å². The van der Waals surface area contributed by atoms with E-state index in [0.717, 1.165) is 16.5 Å². The zero-order chi connectivity index (χ0) is 19.9. The van der Waals surface area contributed by atoms with Crippen LogP contribution in [0.25, 0.3) is 10.9 Å². The van der Waals surface area contributed by atoms with Crippen molar-refractivity contribution in [3.63, 3.8) is 0 Å². The van der Waals surface area contributed by atoms with E-state index in [4.69, 9.17) is 5.73 Å². The fourth-order valence-corrected chi connectivity index (χ4v) is 3.73. The van der Waals surface area contributed by atoms with E-state index in [2.05, 4.69) is 20.2 Å². The Morgan fingerprint density at radius 1 is 1.11 bits per heavy atom. The summed E-state index contributed by atoms with van der Waals surface area (Å²) in [6.07, 6.45) is 2.73.